The summed E-state index contributed by atoms with van der Waals surface area (Å²) >= 11 is 0. The molecule has 0 saturated carbocycles. The summed E-state index contributed by atoms with van der Waals surface area (Å²) in [5, 5.41) is 0. The first-order valence-corrected chi connectivity index (χ1v) is 5.33. The summed E-state index contributed by atoms with van der Waals surface area (Å²) in [6, 6.07) is 4.23. The van der Waals surface area contributed by atoms with Crippen LogP contribution in [0.3, 0.4) is 0 Å². The zero-order chi connectivity index (χ0) is 13.8. The lowest BCUT2D eigenvalue weighted by molar-refractivity contribution is 0.274. The molecule has 0 saturated heterocycles. The third-order valence-electron chi connectivity index (χ3n) is 2.37. The third-order valence-corrected chi connectivity index (χ3v) is 2.37. The first kappa shape index (κ1) is 13.0. The van der Waals surface area contributed by atoms with Crippen molar-refractivity contribution < 1.29 is 18.3 Å². The van der Waals surface area contributed by atoms with E-state index in [0.717, 1.165) is 6.20 Å². The molecule has 1 aromatic heterocycles. The lowest BCUT2D eigenvalue weighted by atomic mass is 10.2. The summed E-state index contributed by atoms with van der Waals surface area (Å²) in [5.41, 5.74) is 5.56. The number of nitrogen functional groups attached to an aromatic ring is 1. The fourth-order valence-electron chi connectivity index (χ4n) is 1.35. The lowest BCUT2D eigenvalue weighted by Crippen LogP contribution is -2.04. The van der Waals surface area contributed by atoms with E-state index in [0.29, 0.717) is 11.3 Å². The van der Waals surface area contributed by atoms with Crippen LogP contribution in [0.4, 0.5) is 14.6 Å². The van der Waals surface area contributed by atoms with Crippen molar-refractivity contribution in [3.05, 3.63) is 41.6 Å². The molecule has 0 amide bonds. The van der Waals surface area contributed by atoms with E-state index in [-0.39, 0.29) is 18.4 Å². The molecule has 2 aromatic rings. The predicted octanol–water partition coefficient (Wildman–Crippen LogP) is 1.92. The maximum absolute atomic E-state index is 13.6. The van der Waals surface area contributed by atoms with Crippen LogP contribution in [0.5, 0.6) is 11.8 Å². The number of anilines is 1. The average molecular weight is 267 g/mol. The molecular formula is C12H11F2N3O2. The molecule has 0 aliphatic heterocycles. The first-order chi connectivity index (χ1) is 9.10. The van der Waals surface area contributed by atoms with Crippen LogP contribution in [-0.4, -0.2) is 17.1 Å². The van der Waals surface area contributed by atoms with Gasteiger partial charge in [0.2, 0.25) is 0 Å². The van der Waals surface area contributed by atoms with Crippen molar-refractivity contribution in [1.29, 1.82) is 0 Å². The number of ether oxygens (including phenoxy) is 2. The Balaban J connectivity index is 2.07. The Labute approximate surface area is 108 Å². The highest BCUT2D eigenvalue weighted by Crippen LogP contribution is 2.18. The number of benzene rings is 1. The second-order valence-electron chi connectivity index (χ2n) is 3.63. The van der Waals surface area contributed by atoms with Gasteiger partial charge in [-0.3, -0.25) is 0 Å². The number of nitrogens with two attached hydrogens (primary N) is 1. The summed E-state index contributed by atoms with van der Waals surface area (Å²) in [6.07, 6.45) is 0.891. The van der Waals surface area contributed by atoms with Crippen LogP contribution in [0, 0.1) is 11.6 Å². The molecule has 2 rings (SSSR count). The van der Waals surface area contributed by atoms with Gasteiger partial charge in [-0.2, -0.15) is 4.98 Å². The lowest BCUT2D eigenvalue weighted by Gasteiger charge is -2.07. The highest BCUT2D eigenvalue weighted by Gasteiger charge is 2.08. The predicted molar refractivity (Wildman–Crippen MR) is 63.7 cm³/mol. The molecular weight excluding hydrogens is 256 g/mol. The monoisotopic (exact) mass is 267 g/mol. The van der Waals surface area contributed by atoms with Crippen molar-refractivity contribution in [3.63, 3.8) is 0 Å². The summed E-state index contributed by atoms with van der Waals surface area (Å²) in [7, 11) is 1.44. The third kappa shape index (κ3) is 3.06. The Hall–Kier alpha value is -2.44. The molecule has 100 valence electrons. The summed E-state index contributed by atoms with van der Waals surface area (Å²) < 4.78 is 36.4. The van der Waals surface area contributed by atoms with Crippen molar-refractivity contribution in [2.75, 3.05) is 12.8 Å². The van der Waals surface area contributed by atoms with E-state index in [1.54, 1.807) is 6.07 Å². The first-order valence-electron chi connectivity index (χ1n) is 5.33. The molecule has 0 radical (unpaired) electrons. The quantitative estimate of drug-likeness (QED) is 0.916. The van der Waals surface area contributed by atoms with E-state index in [9.17, 15) is 8.78 Å². The van der Waals surface area contributed by atoms with Gasteiger partial charge < -0.3 is 15.2 Å². The fourth-order valence-corrected chi connectivity index (χ4v) is 1.35. The second kappa shape index (κ2) is 5.47. The Bertz CT molecular complexity index is 593. The normalized spacial score (nSPS) is 10.3. The van der Waals surface area contributed by atoms with Crippen molar-refractivity contribution >= 4 is 5.82 Å². The van der Waals surface area contributed by atoms with Crippen molar-refractivity contribution in [3.8, 4) is 11.8 Å². The molecule has 2 N–H and O–H groups in total. The molecule has 0 atom stereocenters. The van der Waals surface area contributed by atoms with E-state index in [2.05, 4.69) is 9.97 Å². The molecule has 5 nitrogen and oxygen atoms in total. The van der Waals surface area contributed by atoms with Gasteiger partial charge in [-0.1, -0.05) is 0 Å². The average Bonchev–Trinajstić information content (AvgIpc) is 2.41. The van der Waals surface area contributed by atoms with Crippen molar-refractivity contribution in [1.82, 2.24) is 9.97 Å². The van der Waals surface area contributed by atoms with Gasteiger partial charge in [0.1, 0.15) is 18.2 Å². The molecule has 0 unspecified atom stereocenters. The summed E-state index contributed by atoms with van der Waals surface area (Å²) in [6.45, 7) is -0.0963. The van der Waals surface area contributed by atoms with Gasteiger partial charge in [0.15, 0.2) is 11.6 Å². The van der Waals surface area contributed by atoms with Crippen LogP contribution < -0.4 is 15.2 Å². The van der Waals surface area contributed by atoms with E-state index in [4.69, 9.17) is 15.2 Å². The number of aromatic nitrogens is 2. The molecule has 0 bridgehead atoms. The SMILES string of the molecule is COc1ccc(COc2ncc(F)c(N)n2)c(F)c1. The minimum atomic E-state index is -0.733. The van der Waals surface area contributed by atoms with Crippen LogP contribution in [0.2, 0.25) is 0 Å². The maximum Gasteiger partial charge on any atom is 0.318 e. The largest absolute Gasteiger partial charge is 0.497 e. The van der Waals surface area contributed by atoms with Gasteiger partial charge in [-0.25, -0.2) is 13.8 Å². The number of hydrogen-bond donors (Lipinski definition) is 1. The van der Waals surface area contributed by atoms with E-state index in [1.807, 2.05) is 0 Å². The van der Waals surface area contributed by atoms with Gasteiger partial charge >= 0.3 is 6.01 Å². The maximum atomic E-state index is 13.6. The van der Waals surface area contributed by atoms with E-state index in [1.165, 1.54) is 19.2 Å². The molecule has 0 aliphatic rings. The Morgan fingerprint density at radius 1 is 1.26 bits per heavy atom. The van der Waals surface area contributed by atoms with Crippen molar-refractivity contribution in [2.45, 2.75) is 6.61 Å². The number of methoxy groups -OCH3 is 1. The molecule has 7 heteroatoms. The Morgan fingerprint density at radius 2 is 2.05 bits per heavy atom. The highest BCUT2D eigenvalue weighted by atomic mass is 19.1. The second-order valence-corrected chi connectivity index (χ2v) is 3.63. The minimum absolute atomic E-state index is 0.0963. The molecule has 0 spiro atoms. The Morgan fingerprint density at radius 3 is 2.68 bits per heavy atom. The molecule has 0 fully saturated rings. The van der Waals surface area contributed by atoms with Crippen LogP contribution in [-0.2, 0) is 6.61 Å². The van der Waals surface area contributed by atoms with Gasteiger partial charge in [-0.05, 0) is 12.1 Å². The standard InChI is InChI=1S/C12H11F2N3O2/c1-18-8-3-2-7(9(13)4-8)6-19-12-16-5-10(14)11(15)17-12/h2-5H,6H2,1H3,(H2,15,16,17). The number of rotatable bonds is 4. The number of hydrogen-bond acceptors (Lipinski definition) is 5. The minimum Gasteiger partial charge on any atom is -0.497 e. The zero-order valence-electron chi connectivity index (χ0n) is 10.1. The van der Waals surface area contributed by atoms with Crippen LogP contribution in [0.25, 0.3) is 0 Å². The Kier molecular flexibility index (Phi) is 3.74. The number of nitrogens with zero attached hydrogens (tertiary/aromatic N) is 2. The topological polar surface area (TPSA) is 70.3 Å². The summed E-state index contributed by atoms with van der Waals surface area (Å²) in [4.78, 5) is 7.16. The molecule has 1 heterocycles. The van der Waals surface area contributed by atoms with Gasteiger partial charge in [0.05, 0.1) is 13.3 Å². The molecule has 0 aliphatic carbocycles. The molecule has 19 heavy (non-hydrogen) atoms. The van der Waals surface area contributed by atoms with Gasteiger partial charge in [0.25, 0.3) is 0 Å². The fraction of sp³-hybridized carbons (Fsp3) is 0.167. The van der Waals surface area contributed by atoms with Crippen LogP contribution in [0.15, 0.2) is 24.4 Å². The zero-order valence-corrected chi connectivity index (χ0v) is 10.1. The molecule has 1 aromatic carbocycles. The van der Waals surface area contributed by atoms with Crippen molar-refractivity contribution in [2.24, 2.45) is 0 Å². The summed E-state index contributed by atoms with van der Waals surface area (Å²) in [5.74, 6) is -1.12. The smallest absolute Gasteiger partial charge is 0.318 e. The highest BCUT2D eigenvalue weighted by molar-refractivity contribution is 5.30. The van der Waals surface area contributed by atoms with E-state index < -0.39 is 11.6 Å². The van der Waals surface area contributed by atoms with E-state index >= 15 is 0 Å². The van der Waals surface area contributed by atoms with Gasteiger partial charge in [-0.15, -0.1) is 0 Å². The van der Waals surface area contributed by atoms with Gasteiger partial charge in [0, 0.05) is 11.6 Å². The van der Waals surface area contributed by atoms with Crippen LogP contribution >= 0.6 is 0 Å². The number of halogens is 2. The van der Waals surface area contributed by atoms with Crippen LogP contribution in [0.1, 0.15) is 5.56 Å².